The molecular formula is C7H20O3S2. The highest BCUT2D eigenvalue weighted by Crippen LogP contribution is 1.65. The normalized spacial score (nSPS) is 8.83. The van der Waals surface area contributed by atoms with Crippen LogP contribution in [0.5, 0.6) is 0 Å². The van der Waals surface area contributed by atoms with Gasteiger partial charge in [-0.05, 0) is 13.8 Å². The molecule has 5 heteroatoms. The number of hydrogen-bond donors (Lipinski definition) is 1. The van der Waals surface area contributed by atoms with Crippen molar-refractivity contribution in [3.63, 3.8) is 0 Å². The third-order valence-corrected chi connectivity index (χ3v) is 0. The molecule has 1 N–H and O–H groups in total. The minimum atomic E-state index is -0.611. The molecule has 0 aromatic rings. The van der Waals surface area contributed by atoms with Gasteiger partial charge in [-0.3, -0.25) is 8.42 Å². The van der Waals surface area contributed by atoms with Gasteiger partial charge in [-0.25, -0.2) is 0 Å². The molecule has 0 saturated heterocycles. The maximum absolute atomic E-state index is 9.56. The highest BCUT2D eigenvalue weighted by atomic mass is 32.2. The van der Waals surface area contributed by atoms with E-state index < -0.39 is 21.6 Å². The van der Waals surface area contributed by atoms with Gasteiger partial charge in [-0.1, -0.05) is 0 Å². The summed E-state index contributed by atoms with van der Waals surface area (Å²) in [6, 6.07) is 0. The van der Waals surface area contributed by atoms with Crippen LogP contribution in [0.4, 0.5) is 0 Å². The molecule has 0 aromatic heterocycles. The van der Waals surface area contributed by atoms with Gasteiger partial charge < -0.3 is 5.11 Å². The van der Waals surface area contributed by atoms with Crippen molar-refractivity contribution < 1.29 is 13.5 Å². The van der Waals surface area contributed by atoms with Crippen molar-refractivity contribution in [3.05, 3.63) is 0 Å². The van der Waals surface area contributed by atoms with E-state index in [-0.39, 0.29) is 6.10 Å². The molecule has 0 radical (unpaired) electrons. The summed E-state index contributed by atoms with van der Waals surface area (Å²) in [4.78, 5) is 0. The quantitative estimate of drug-likeness (QED) is 0.637. The Balaban J connectivity index is -0.000000101. The van der Waals surface area contributed by atoms with Crippen molar-refractivity contribution >= 4 is 21.6 Å². The number of rotatable bonds is 0. The van der Waals surface area contributed by atoms with E-state index >= 15 is 0 Å². The second kappa shape index (κ2) is 13.8. The molecule has 0 saturated carbocycles. The molecule has 0 aliphatic heterocycles. The molecular weight excluding hydrogens is 196 g/mol. The zero-order valence-electron chi connectivity index (χ0n) is 8.66. The summed E-state index contributed by atoms with van der Waals surface area (Å²) in [7, 11) is -1.22. The van der Waals surface area contributed by atoms with Gasteiger partial charge in [-0.2, -0.15) is 0 Å². The summed E-state index contributed by atoms with van der Waals surface area (Å²) in [5.41, 5.74) is 0. The van der Waals surface area contributed by atoms with E-state index in [1.165, 1.54) is 0 Å². The smallest absolute Gasteiger partial charge is 0.0483 e. The van der Waals surface area contributed by atoms with Crippen molar-refractivity contribution in [2.75, 3.05) is 25.0 Å². The fourth-order valence-corrected chi connectivity index (χ4v) is 0. The van der Waals surface area contributed by atoms with Crippen molar-refractivity contribution in [2.45, 2.75) is 20.0 Å². The van der Waals surface area contributed by atoms with E-state index in [0.717, 1.165) is 0 Å². The van der Waals surface area contributed by atoms with Crippen LogP contribution in [0.15, 0.2) is 0 Å². The molecule has 0 amide bonds. The van der Waals surface area contributed by atoms with Gasteiger partial charge in [0.1, 0.15) is 0 Å². The Morgan fingerprint density at radius 3 is 0.917 bits per heavy atom. The molecule has 0 aliphatic carbocycles. The van der Waals surface area contributed by atoms with E-state index in [2.05, 4.69) is 0 Å². The first-order valence-electron chi connectivity index (χ1n) is 3.38. The SMILES string of the molecule is CC(C)O.CS(C)=O.CS(C)=O. The van der Waals surface area contributed by atoms with Crippen LogP contribution in [0.2, 0.25) is 0 Å². The van der Waals surface area contributed by atoms with Crippen molar-refractivity contribution in [3.8, 4) is 0 Å². The molecule has 0 aromatic carbocycles. The van der Waals surface area contributed by atoms with Crippen LogP contribution < -0.4 is 0 Å². The zero-order chi connectivity index (χ0) is 10.7. The summed E-state index contributed by atoms with van der Waals surface area (Å²) in [5.74, 6) is 0. The second-order valence-corrected chi connectivity index (χ2v) is 5.54. The average molecular weight is 216 g/mol. The van der Waals surface area contributed by atoms with Crippen LogP contribution in [-0.4, -0.2) is 44.7 Å². The van der Waals surface area contributed by atoms with Crippen LogP contribution in [0.25, 0.3) is 0 Å². The van der Waals surface area contributed by atoms with Gasteiger partial charge in [0, 0.05) is 52.7 Å². The molecule has 3 nitrogen and oxygen atoms in total. The molecule has 78 valence electrons. The topological polar surface area (TPSA) is 54.4 Å². The highest BCUT2D eigenvalue weighted by Gasteiger charge is 1.69. The Labute approximate surface area is 80.5 Å². The molecule has 0 atom stereocenters. The van der Waals surface area contributed by atoms with E-state index in [4.69, 9.17) is 5.11 Å². The lowest BCUT2D eigenvalue weighted by Crippen LogP contribution is -1.85. The van der Waals surface area contributed by atoms with Crippen LogP contribution in [0, 0.1) is 0 Å². The van der Waals surface area contributed by atoms with Crippen molar-refractivity contribution in [1.82, 2.24) is 0 Å². The number of hydrogen-bond acceptors (Lipinski definition) is 3. The van der Waals surface area contributed by atoms with Crippen LogP contribution in [-0.2, 0) is 21.6 Å². The molecule has 0 heterocycles. The lowest BCUT2D eigenvalue weighted by atomic mass is 10.5. The average Bonchev–Trinajstić information content (AvgIpc) is 1.54. The Kier molecular flexibility index (Phi) is 20.9. The van der Waals surface area contributed by atoms with Gasteiger partial charge >= 0.3 is 0 Å². The third kappa shape index (κ3) is 13000. The Morgan fingerprint density at radius 1 is 0.917 bits per heavy atom. The van der Waals surface area contributed by atoms with Crippen LogP contribution in [0.1, 0.15) is 13.8 Å². The highest BCUT2D eigenvalue weighted by molar-refractivity contribution is 7.83. The van der Waals surface area contributed by atoms with Crippen molar-refractivity contribution in [2.24, 2.45) is 0 Å². The summed E-state index contributed by atoms with van der Waals surface area (Å²) in [5, 5.41) is 8.06. The van der Waals surface area contributed by atoms with E-state index in [0.29, 0.717) is 0 Å². The Hall–Kier alpha value is 0.260. The maximum atomic E-state index is 9.56. The molecule has 12 heavy (non-hydrogen) atoms. The number of aliphatic hydroxyl groups excluding tert-OH is 1. The predicted octanol–water partition coefficient (Wildman–Crippen LogP) is 0.377. The van der Waals surface area contributed by atoms with Gasteiger partial charge in [0.15, 0.2) is 0 Å². The fraction of sp³-hybridized carbons (Fsp3) is 1.00. The Morgan fingerprint density at radius 2 is 0.917 bits per heavy atom. The molecule has 0 aliphatic rings. The largest absolute Gasteiger partial charge is 0.394 e. The zero-order valence-corrected chi connectivity index (χ0v) is 10.3. The molecule has 0 rings (SSSR count). The van der Waals surface area contributed by atoms with Gasteiger partial charge in [0.05, 0.1) is 0 Å². The maximum Gasteiger partial charge on any atom is 0.0483 e. The molecule has 0 unspecified atom stereocenters. The standard InChI is InChI=1S/C3H8O.2C2H6OS/c1-3(2)4;2*1-4(2)3/h3-4H,1-2H3;2*1-2H3. The summed E-state index contributed by atoms with van der Waals surface area (Å²) in [6.45, 7) is 3.44. The second-order valence-electron chi connectivity index (χ2n) is 2.58. The number of aliphatic hydroxyl groups is 1. The summed E-state index contributed by atoms with van der Waals surface area (Å²) in [6.07, 6.45) is 6.39. The van der Waals surface area contributed by atoms with E-state index in [1.54, 1.807) is 38.9 Å². The van der Waals surface area contributed by atoms with E-state index in [1.807, 2.05) is 0 Å². The first-order chi connectivity index (χ1) is 5.20. The predicted molar refractivity (Wildman–Crippen MR) is 57.3 cm³/mol. The monoisotopic (exact) mass is 216 g/mol. The minimum absolute atomic E-state index is 0.167. The molecule has 0 fully saturated rings. The Bertz CT molecular complexity index is 101. The van der Waals surface area contributed by atoms with Crippen LogP contribution >= 0.6 is 0 Å². The molecule has 0 bridgehead atoms. The van der Waals surface area contributed by atoms with E-state index in [9.17, 15) is 8.42 Å². The minimum Gasteiger partial charge on any atom is -0.394 e. The summed E-state index contributed by atoms with van der Waals surface area (Å²) < 4.78 is 19.1. The van der Waals surface area contributed by atoms with Gasteiger partial charge in [0.2, 0.25) is 0 Å². The third-order valence-electron chi connectivity index (χ3n) is 0. The first kappa shape index (κ1) is 18.1. The van der Waals surface area contributed by atoms with Crippen LogP contribution in [0.3, 0.4) is 0 Å². The van der Waals surface area contributed by atoms with Gasteiger partial charge in [-0.15, -0.1) is 0 Å². The van der Waals surface area contributed by atoms with Gasteiger partial charge in [0.25, 0.3) is 0 Å². The summed E-state index contributed by atoms with van der Waals surface area (Å²) >= 11 is 0. The lowest BCUT2D eigenvalue weighted by molar-refractivity contribution is 0.216. The first-order valence-corrected chi connectivity index (χ1v) is 7.31. The van der Waals surface area contributed by atoms with Crippen molar-refractivity contribution in [1.29, 1.82) is 0 Å². The molecule has 0 spiro atoms. The fourth-order valence-electron chi connectivity index (χ4n) is 0. The lowest BCUT2D eigenvalue weighted by Gasteiger charge is -1.80.